The van der Waals surface area contributed by atoms with Gasteiger partial charge in [0.2, 0.25) is 0 Å². The van der Waals surface area contributed by atoms with E-state index in [2.05, 4.69) is 19.9 Å². The average Bonchev–Trinajstić information content (AvgIpc) is 3.08. The Bertz CT molecular complexity index is 789. The zero-order valence-electron chi connectivity index (χ0n) is 12.7. The number of hydrogen-bond donors (Lipinski definition) is 2. The fraction of sp³-hybridized carbons (Fsp3) is 0.429. The molecule has 1 aliphatic heterocycles. The van der Waals surface area contributed by atoms with Crippen LogP contribution in [0, 0.1) is 6.92 Å². The summed E-state index contributed by atoms with van der Waals surface area (Å²) in [5.41, 5.74) is 0.948. The van der Waals surface area contributed by atoms with E-state index < -0.39 is 5.56 Å². The van der Waals surface area contributed by atoms with Gasteiger partial charge in [-0.25, -0.2) is 5.10 Å². The van der Waals surface area contributed by atoms with Crippen LogP contribution in [0.25, 0.3) is 0 Å². The molecule has 9 heteroatoms. The van der Waals surface area contributed by atoms with Gasteiger partial charge in [0.1, 0.15) is 5.02 Å². The van der Waals surface area contributed by atoms with Crippen LogP contribution in [-0.2, 0) is 0 Å². The number of aromatic nitrogens is 3. The Morgan fingerprint density at radius 1 is 1.57 bits per heavy atom. The number of anilines is 1. The van der Waals surface area contributed by atoms with Gasteiger partial charge < -0.3 is 10.2 Å². The molecule has 1 amide bonds. The first-order valence-electron chi connectivity index (χ1n) is 7.19. The number of H-pyrrole nitrogens is 1. The highest BCUT2D eigenvalue weighted by Gasteiger charge is 2.31. The molecule has 2 aromatic heterocycles. The van der Waals surface area contributed by atoms with Gasteiger partial charge in [-0.3, -0.25) is 9.59 Å². The third-order valence-corrected chi connectivity index (χ3v) is 4.94. The zero-order valence-corrected chi connectivity index (χ0v) is 14.2. The molecule has 3 rings (SSSR count). The summed E-state index contributed by atoms with van der Waals surface area (Å²) in [6.45, 7) is 4.48. The van der Waals surface area contributed by atoms with Crippen molar-refractivity contribution < 1.29 is 4.79 Å². The molecule has 3 heterocycles. The summed E-state index contributed by atoms with van der Waals surface area (Å²) in [6, 6.07) is 1.73. The molecule has 1 saturated heterocycles. The maximum Gasteiger partial charge on any atom is 0.283 e. The number of aromatic amines is 1. The van der Waals surface area contributed by atoms with Crippen molar-refractivity contribution in [3.05, 3.63) is 38.1 Å². The molecule has 2 N–H and O–H groups in total. The standard InChI is InChI=1S/C14H16ClN5O2S/c1-7-3-9(16-13(21)10-6-23-19-8(10)2)5-20(7)12-4-11(15)14(22)18-17-12/h4,6-7,9H,3,5H2,1-2H3,(H,16,21)(H,18,22). The molecular weight excluding hydrogens is 338 g/mol. The summed E-state index contributed by atoms with van der Waals surface area (Å²) in [5, 5.41) is 11.3. The molecule has 23 heavy (non-hydrogen) atoms. The summed E-state index contributed by atoms with van der Waals surface area (Å²) in [4.78, 5) is 25.6. The molecule has 1 aliphatic rings. The normalized spacial score (nSPS) is 20.7. The molecule has 0 aromatic carbocycles. The minimum absolute atomic E-state index is 0.00398. The van der Waals surface area contributed by atoms with Gasteiger partial charge in [0.15, 0.2) is 5.82 Å². The lowest BCUT2D eigenvalue weighted by atomic mass is 10.1. The number of aryl methyl sites for hydroxylation is 1. The minimum Gasteiger partial charge on any atom is -0.350 e. The molecule has 0 saturated carbocycles. The third-order valence-electron chi connectivity index (χ3n) is 3.94. The summed E-state index contributed by atoms with van der Waals surface area (Å²) < 4.78 is 4.12. The van der Waals surface area contributed by atoms with Crippen LogP contribution in [0.5, 0.6) is 0 Å². The monoisotopic (exact) mass is 353 g/mol. The minimum atomic E-state index is -0.410. The molecule has 0 bridgehead atoms. The van der Waals surface area contributed by atoms with Crippen molar-refractivity contribution in [3.63, 3.8) is 0 Å². The van der Waals surface area contributed by atoms with Crippen molar-refractivity contribution in [2.75, 3.05) is 11.4 Å². The van der Waals surface area contributed by atoms with Gasteiger partial charge in [-0.1, -0.05) is 11.6 Å². The van der Waals surface area contributed by atoms with E-state index in [4.69, 9.17) is 11.6 Å². The number of rotatable bonds is 3. The fourth-order valence-electron chi connectivity index (χ4n) is 2.75. The average molecular weight is 354 g/mol. The molecule has 2 aromatic rings. The van der Waals surface area contributed by atoms with E-state index >= 15 is 0 Å². The Labute approximate surface area is 141 Å². The van der Waals surface area contributed by atoms with Crippen LogP contribution in [0.4, 0.5) is 5.82 Å². The van der Waals surface area contributed by atoms with Gasteiger partial charge in [-0.2, -0.15) is 9.47 Å². The summed E-state index contributed by atoms with van der Waals surface area (Å²) in [6.07, 6.45) is 0.792. The third kappa shape index (κ3) is 3.23. The van der Waals surface area contributed by atoms with E-state index in [1.165, 1.54) is 11.5 Å². The molecule has 0 spiro atoms. The molecule has 7 nitrogen and oxygen atoms in total. The highest BCUT2D eigenvalue weighted by Crippen LogP contribution is 2.24. The first-order chi connectivity index (χ1) is 11.0. The smallest absolute Gasteiger partial charge is 0.283 e. The summed E-state index contributed by atoms with van der Waals surface area (Å²) in [5.74, 6) is 0.495. The second-order valence-corrected chi connectivity index (χ2v) is 6.66. The van der Waals surface area contributed by atoms with Gasteiger partial charge in [-0.15, -0.1) is 0 Å². The topological polar surface area (TPSA) is 91.0 Å². The van der Waals surface area contributed by atoms with Crippen molar-refractivity contribution >= 4 is 34.9 Å². The van der Waals surface area contributed by atoms with Crippen LogP contribution >= 0.6 is 23.1 Å². The van der Waals surface area contributed by atoms with Crippen LogP contribution in [0.3, 0.4) is 0 Å². The van der Waals surface area contributed by atoms with E-state index in [0.717, 1.165) is 12.1 Å². The number of halogens is 1. The number of amides is 1. The van der Waals surface area contributed by atoms with Crippen LogP contribution in [0.2, 0.25) is 5.02 Å². The zero-order chi connectivity index (χ0) is 16.6. The van der Waals surface area contributed by atoms with Gasteiger partial charge >= 0.3 is 0 Å². The Morgan fingerprint density at radius 2 is 2.35 bits per heavy atom. The van der Waals surface area contributed by atoms with Crippen LogP contribution in [-0.4, -0.2) is 39.1 Å². The van der Waals surface area contributed by atoms with E-state index in [9.17, 15) is 9.59 Å². The van der Waals surface area contributed by atoms with Crippen molar-refractivity contribution in [3.8, 4) is 0 Å². The maximum absolute atomic E-state index is 12.3. The van der Waals surface area contributed by atoms with Crippen molar-refractivity contribution in [2.45, 2.75) is 32.4 Å². The Kier molecular flexibility index (Phi) is 4.36. The van der Waals surface area contributed by atoms with Crippen LogP contribution in [0.15, 0.2) is 16.2 Å². The summed E-state index contributed by atoms with van der Waals surface area (Å²) >= 11 is 7.13. The second kappa shape index (κ2) is 6.29. The van der Waals surface area contributed by atoms with Crippen molar-refractivity contribution in [1.82, 2.24) is 19.9 Å². The molecule has 0 radical (unpaired) electrons. The molecule has 1 fully saturated rings. The highest BCUT2D eigenvalue weighted by atomic mass is 35.5. The van der Waals surface area contributed by atoms with Gasteiger partial charge in [-0.05, 0) is 31.8 Å². The summed E-state index contributed by atoms with van der Waals surface area (Å²) in [7, 11) is 0. The molecule has 2 atom stereocenters. The van der Waals surface area contributed by atoms with E-state index in [1.807, 2.05) is 18.7 Å². The van der Waals surface area contributed by atoms with Gasteiger partial charge in [0.25, 0.3) is 11.5 Å². The number of nitrogens with zero attached hydrogens (tertiary/aromatic N) is 3. The van der Waals surface area contributed by atoms with E-state index in [-0.39, 0.29) is 23.0 Å². The number of nitrogens with one attached hydrogen (secondary N) is 2. The lowest BCUT2D eigenvalue weighted by Gasteiger charge is -2.21. The predicted molar refractivity (Wildman–Crippen MR) is 89.4 cm³/mol. The lowest BCUT2D eigenvalue weighted by Crippen LogP contribution is -2.37. The fourth-order valence-corrected chi connectivity index (χ4v) is 3.58. The highest BCUT2D eigenvalue weighted by molar-refractivity contribution is 7.03. The second-order valence-electron chi connectivity index (χ2n) is 5.62. The largest absolute Gasteiger partial charge is 0.350 e. The van der Waals surface area contributed by atoms with E-state index in [0.29, 0.717) is 17.9 Å². The molecular formula is C14H16ClN5O2S. The Hall–Kier alpha value is -1.93. The maximum atomic E-state index is 12.3. The van der Waals surface area contributed by atoms with E-state index in [1.54, 1.807) is 11.4 Å². The predicted octanol–water partition coefficient (Wildman–Crippen LogP) is 1.59. The lowest BCUT2D eigenvalue weighted by molar-refractivity contribution is 0.0939. The Morgan fingerprint density at radius 3 is 3.00 bits per heavy atom. The molecule has 2 unspecified atom stereocenters. The van der Waals surface area contributed by atoms with Crippen LogP contribution in [0.1, 0.15) is 29.4 Å². The van der Waals surface area contributed by atoms with Crippen LogP contribution < -0.4 is 15.8 Å². The number of hydrogen-bond acceptors (Lipinski definition) is 6. The van der Waals surface area contributed by atoms with Crippen molar-refractivity contribution in [1.29, 1.82) is 0 Å². The van der Waals surface area contributed by atoms with Crippen molar-refractivity contribution in [2.24, 2.45) is 0 Å². The van der Waals surface area contributed by atoms with Gasteiger partial charge in [0, 0.05) is 30.1 Å². The Balaban J connectivity index is 1.71. The quantitative estimate of drug-likeness (QED) is 0.874. The number of carbonyl (C=O) groups excluding carboxylic acids is 1. The first kappa shape index (κ1) is 15.9. The molecule has 0 aliphatic carbocycles. The first-order valence-corrected chi connectivity index (χ1v) is 8.41. The SMILES string of the molecule is Cc1nscc1C(=O)NC1CC(C)N(c2cc(Cl)c(=O)[nH]n2)C1. The molecule has 122 valence electrons. The number of carbonyl (C=O) groups is 1. The van der Waals surface area contributed by atoms with Gasteiger partial charge in [0.05, 0.1) is 11.3 Å².